The lowest BCUT2D eigenvalue weighted by Gasteiger charge is -2.19. The second kappa shape index (κ2) is 5.84. The number of nitrogens with zero attached hydrogens (tertiary/aromatic N) is 2. The van der Waals surface area contributed by atoms with Crippen LogP contribution in [0.2, 0.25) is 0 Å². The first-order valence-electron chi connectivity index (χ1n) is 6.36. The van der Waals surface area contributed by atoms with Gasteiger partial charge in [-0.1, -0.05) is 19.9 Å². The Bertz CT molecular complexity index is 563. The zero-order valence-electron chi connectivity index (χ0n) is 11.5. The second-order valence-corrected chi connectivity index (χ2v) is 4.83. The van der Waals surface area contributed by atoms with E-state index in [0.717, 1.165) is 11.1 Å². The van der Waals surface area contributed by atoms with Crippen LogP contribution in [0, 0.1) is 5.92 Å². The number of carbonyl (C=O) groups excluding carboxylic acids is 1. The van der Waals surface area contributed by atoms with E-state index < -0.39 is 0 Å². The Hall–Kier alpha value is -1.88. The number of carbonyl (C=O) groups is 1. The van der Waals surface area contributed by atoms with Crippen molar-refractivity contribution in [3.63, 3.8) is 0 Å². The van der Waals surface area contributed by atoms with Crippen molar-refractivity contribution >= 4 is 11.5 Å². The molecular weight excluding hydrogens is 242 g/mol. The maximum absolute atomic E-state index is 11.7. The number of esters is 1. The van der Waals surface area contributed by atoms with Crippen LogP contribution in [0.3, 0.4) is 0 Å². The summed E-state index contributed by atoms with van der Waals surface area (Å²) in [6.07, 6.45) is 3.72. The van der Waals surface area contributed by atoms with Crippen LogP contribution in [-0.4, -0.2) is 28.7 Å². The average Bonchev–Trinajstić information content (AvgIpc) is 2.82. The number of methoxy groups -OCH3 is 1. The first-order chi connectivity index (χ1) is 9.13. The molecule has 0 saturated heterocycles. The number of aromatic nitrogens is 2. The van der Waals surface area contributed by atoms with Gasteiger partial charge in [-0.05, 0) is 18.1 Å². The molecule has 0 radical (unpaired) electrons. The molecule has 2 rings (SSSR count). The highest BCUT2D eigenvalue weighted by Crippen LogP contribution is 2.11. The van der Waals surface area contributed by atoms with E-state index in [1.165, 1.54) is 7.11 Å². The molecule has 0 aromatic carbocycles. The third-order valence-electron chi connectivity index (χ3n) is 3.14. The monoisotopic (exact) mass is 261 g/mol. The Morgan fingerprint density at radius 2 is 2.26 bits per heavy atom. The van der Waals surface area contributed by atoms with Crippen LogP contribution < -0.4 is 5.32 Å². The summed E-state index contributed by atoms with van der Waals surface area (Å²) in [4.78, 5) is 11.7. The topological polar surface area (TPSA) is 55.6 Å². The zero-order valence-corrected chi connectivity index (χ0v) is 11.5. The van der Waals surface area contributed by atoms with E-state index in [-0.39, 0.29) is 17.9 Å². The van der Waals surface area contributed by atoms with Crippen molar-refractivity contribution in [3.8, 4) is 0 Å². The highest BCUT2D eigenvalue weighted by molar-refractivity contribution is 5.76. The maximum atomic E-state index is 11.7. The van der Waals surface area contributed by atoms with E-state index in [2.05, 4.69) is 10.4 Å². The summed E-state index contributed by atoms with van der Waals surface area (Å²) in [5, 5.41) is 7.50. The van der Waals surface area contributed by atoms with Gasteiger partial charge in [-0.3, -0.25) is 10.1 Å². The van der Waals surface area contributed by atoms with Gasteiger partial charge in [0.2, 0.25) is 0 Å². The smallest absolute Gasteiger partial charge is 0.323 e. The first kappa shape index (κ1) is 13.5. The van der Waals surface area contributed by atoms with E-state index in [4.69, 9.17) is 4.74 Å². The van der Waals surface area contributed by atoms with Crippen molar-refractivity contribution in [1.29, 1.82) is 0 Å². The first-order valence-corrected chi connectivity index (χ1v) is 6.36. The van der Waals surface area contributed by atoms with E-state index >= 15 is 0 Å². The van der Waals surface area contributed by atoms with Crippen LogP contribution in [0.4, 0.5) is 0 Å². The van der Waals surface area contributed by atoms with Gasteiger partial charge in [0, 0.05) is 18.3 Å². The number of hydrogen-bond acceptors (Lipinski definition) is 4. The fraction of sp³-hybridized carbons (Fsp3) is 0.429. The minimum Gasteiger partial charge on any atom is -0.468 e. The number of hydrogen-bond donors (Lipinski definition) is 1. The van der Waals surface area contributed by atoms with E-state index in [0.29, 0.717) is 6.54 Å². The molecule has 102 valence electrons. The van der Waals surface area contributed by atoms with Gasteiger partial charge in [-0.25, -0.2) is 4.52 Å². The molecule has 2 heterocycles. The molecule has 5 nitrogen and oxygen atoms in total. The van der Waals surface area contributed by atoms with Crippen LogP contribution in [0.15, 0.2) is 30.6 Å². The molecule has 0 aliphatic rings. The standard InChI is InChI=1S/C14H19N3O2/c1-10(2)13(14(18)19-3)15-8-11-9-16-17-7-5-4-6-12(11)17/h4-7,9-10,13,15H,8H2,1-3H3. The molecule has 1 unspecified atom stereocenters. The van der Waals surface area contributed by atoms with Gasteiger partial charge in [0.15, 0.2) is 0 Å². The third kappa shape index (κ3) is 2.93. The fourth-order valence-electron chi connectivity index (χ4n) is 2.06. The lowest BCUT2D eigenvalue weighted by molar-refractivity contribution is -0.144. The Morgan fingerprint density at radius 1 is 1.47 bits per heavy atom. The summed E-state index contributed by atoms with van der Waals surface area (Å²) in [5.74, 6) is -0.0548. The minimum atomic E-state index is -0.302. The molecule has 1 atom stereocenters. The molecule has 0 aliphatic heterocycles. The number of fused-ring (bicyclic) bond motifs is 1. The lowest BCUT2D eigenvalue weighted by Crippen LogP contribution is -2.41. The second-order valence-electron chi connectivity index (χ2n) is 4.83. The van der Waals surface area contributed by atoms with Crippen molar-refractivity contribution in [2.75, 3.05) is 7.11 Å². The normalized spacial score (nSPS) is 12.8. The number of ether oxygens (including phenoxy) is 1. The lowest BCUT2D eigenvalue weighted by atomic mass is 10.0. The van der Waals surface area contributed by atoms with Crippen LogP contribution in [0.25, 0.3) is 5.52 Å². The van der Waals surface area contributed by atoms with Crippen molar-refractivity contribution < 1.29 is 9.53 Å². The van der Waals surface area contributed by atoms with E-state index in [1.54, 1.807) is 0 Å². The van der Waals surface area contributed by atoms with Gasteiger partial charge in [0.1, 0.15) is 6.04 Å². The summed E-state index contributed by atoms with van der Waals surface area (Å²) in [7, 11) is 1.41. The van der Waals surface area contributed by atoms with Crippen molar-refractivity contribution in [2.24, 2.45) is 5.92 Å². The molecule has 2 aromatic rings. The number of rotatable bonds is 5. The average molecular weight is 261 g/mol. The quantitative estimate of drug-likeness (QED) is 0.831. The maximum Gasteiger partial charge on any atom is 0.323 e. The zero-order chi connectivity index (χ0) is 13.8. The highest BCUT2D eigenvalue weighted by Gasteiger charge is 2.22. The largest absolute Gasteiger partial charge is 0.468 e. The summed E-state index contributed by atoms with van der Waals surface area (Å²) >= 11 is 0. The highest BCUT2D eigenvalue weighted by atomic mass is 16.5. The summed E-state index contributed by atoms with van der Waals surface area (Å²) in [6, 6.07) is 5.61. The number of pyridine rings is 1. The van der Waals surface area contributed by atoms with E-state index in [9.17, 15) is 4.79 Å². The minimum absolute atomic E-state index is 0.175. The molecule has 0 amide bonds. The molecule has 2 aromatic heterocycles. The third-order valence-corrected chi connectivity index (χ3v) is 3.14. The molecule has 5 heteroatoms. The summed E-state index contributed by atoms with van der Waals surface area (Å²) < 4.78 is 6.63. The van der Waals surface area contributed by atoms with Gasteiger partial charge in [-0.2, -0.15) is 5.10 Å². The molecule has 0 saturated carbocycles. The molecule has 0 fully saturated rings. The summed E-state index contributed by atoms with van der Waals surface area (Å²) in [6.45, 7) is 4.57. The van der Waals surface area contributed by atoms with Crippen LogP contribution >= 0.6 is 0 Å². The van der Waals surface area contributed by atoms with Gasteiger partial charge in [0.05, 0.1) is 18.8 Å². The Kier molecular flexibility index (Phi) is 4.16. The van der Waals surface area contributed by atoms with Gasteiger partial charge >= 0.3 is 5.97 Å². The van der Waals surface area contributed by atoms with Gasteiger partial charge in [-0.15, -0.1) is 0 Å². The van der Waals surface area contributed by atoms with Crippen molar-refractivity contribution in [2.45, 2.75) is 26.4 Å². The molecule has 0 spiro atoms. The Labute approximate surface area is 112 Å². The molecule has 0 aliphatic carbocycles. The van der Waals surface area contributed by atoms with Gasteiger partial charge < -0.3 is 4.74 Å². The predicted molar refractivity (Wildman–Crippen MR) is 72.7 cm³/mol. The molecule has 1 N–H and O–H groups in total. The van der Waals surface area contributed by atoms with E-state index in [1.807, 2.05) is 49.0 Å². The van der Waals surface area contributed by atoms with Crippen LogP contribution in [-0.2, 0) is 16.1 Å². The fourth-order valence-corrected chi connectivity index (χ4v) is 2.06. The Balaban J connectivity index is 2.11. The van der Waals surface area contributed by atoms with Gasteiger partial charge in [0.25, 0.3) is 0 Å². The Morgan fingerprint density at radius 3 is 2.95 bits per heavy atom. The van der Waals surface area contributed by atoms with Crippen molar-refractivity contribution in [1.82, 2.24) is 14.9 Å². The van der Waals surface area contributed by atoms with Crippen molar-refractivity contribution in [3.05, 3.63) is 36.2 Å². The molecule has 0 bridgehead atoms. The summed E-state index contributed by atoms with van der Waals surface area (Å²) in [5.41, 5.74) is 2.11. The number of nitrogens with one attached hydrogen (secondary N) is 1. The SMILES string of the molecule is COC(=O)C(NCc1cnn2ccccc12)C(C)C. The van der Waals surface area contributed by atoms with Crippen LogP contribution in [0.1, 0.15) is 19.4 Å². The predicted octanol–water partition coefficient (Wildman–Crippen LogP) is 1.62. The molecule has 19 heavy (non-hydrogen) atoms. The van der Waals surface area contributed by atoms with Crippen LogP contribution in [0.5, 0.6) is 0 Å². The molecular formula is C14H19N3O2.